The molecule has 8 nitrogen and oxygen atoms in total. The van der Waals surface area contributed by atoms with Crippen molar-refractivity contribution < 1.29 is 19.2 Å². The molecule has 2 N–H and O–H groups in total. The lowest BCUT2D eigenvalue weighted by Crippen LogP contribution is -2.54. The molecule has 5 rings (SSSR count). The minimum atomic E-state index is -0.923. The Balaban J connectivity index is 1.45. The first-order valence-electron chi connectivity index (χ1n) is 9.84. The Bertz CT molecular complexity index is 882. The van der Waals surface area contributed by atoms with Gasteiger partial charge in [-0.25, -0.2) is 0 Å². The molecule has 0 radical (unpaired) electrons. The molecule has 3 saturated heterocycles. The normalized spacial score (nSPS) is 30.0. The van der Waals surface area contributed by atoms with E-state index in [2.05, 4.69) is 15.5 Å². The second kappa shape index (κ2) is 6.49. The second-order valence-electron chi connectivity index (χ2n) is 8.00. The van der Waals surface area contributed by atoms with Gasteiger partial charge in [-0.2, -0.15) is 0 Å². The predicted molar refractivity (Wildman–Crippen MR) is 98.3 cm³/mol. The van der Waals surface area contributed by atoms with E-state index in [-0.39, 0.29) is 18.7 Å². The first kappa shape index (κ1) is 17.5. The number of hydrogen-bond donors (Lipinski definition) is 2. The quantitative estimate of drug-likeness (QED) is 0.716. The Morgan fingerprint density at radius 2 is 1.71 bits per heavy atom. The summed E-state index contributed by atoms with van der Waals surface area (Å²) < 4.78 is 0. The highest BCUT2D eigenvalue weighted by Crippen LogP contribution is 2.33. The molecule has 3 unspecified atom stereocenters. The van der Waals surface area contributed by atoms with Crippen molar-refractivity contribution in [2.45, 2.75) is 50.4 Å². The molecule has 1 aromatic rings. The van der Waals surface area contributed by atoms with Gasteiger partial charge in [0.25, 0.3) is 11.8 Å². The van der Waals surface area contributed by atoms with Crippen molar-refractivity contribution in [2.24, 2.45) is 0 Å². The van der Waals surface area contributed by atoms with Gasteiger partial charge in [0.05, 0.1) is 11.1 Å². The average Bonchev–Trinajstić information content (AvgIpc) is 3.04. The number of rotatable bonds is 3. The van der Waals surface area contributed by atoms with Crippen molar-refractivity contribution in [3.05, 3.63) is 34.9 Å². The monoisotopic (exact) mass is 382 g/mol. The van der Waals surface area contributed by atoms with Crippen LogP contribution in [0.4, 0.5) is 0 Å². The van der Waals surface area contributed by atoms with Crippen LogP contribution in [0, 0.1) is 0 Å². The predicted octanol–water partition coefficient (Wildman–Crippen LogP) is 0.0240. The second-order valence-corrected chi connectivity index (χ2v) is 8.00. The number of piperidine rings is 1. The average molecular weight is 382 g/mol. The zero-order valence-electron chi connectivity index (χ0n) is 15.4. The number of fused-ring (bicyclic) bond motifs is 3. The van der Waals surface area contributed by atoms with E-state index in [4.69, 9.17) is 0 Å². The number of carbonyl (C=O) groups excluding carboxylic acids is 4. The van der Waals surface area contributed by atoms with Crippen LogP contribution >= 0.6 is 0 Å². The summed E-state index contributed by atoms with van der Waals surface area (Å²) >= 11 is 0. The maximum Gasteiger partial charge on any atom is 0.262 e. The molecule has 0 aromatic heterocycles. The summed E-state index contributed by atoms with van der Waals surface area (Å²) in [6.45, 7) is 2.52. The van der Waals surface area contributed by atoms with E-state index in [1.807, 2.05) is 6.07 Å². The summed E-state index contributed by atoms with van der Waals surface area (Å²) in [5.41, 5.74) is 1.61. The zero-order valence-corrected chi connectivity index (χ0v) is 15.4. The van der Waals surface area contributed by atoms with Crippen LogP contribution in [0.25, 0.3) is 0 Å². The maximum absolute atomic E-state index is 13.2. The van der Waals surface area contributed by atoms with Crippen molar-refractivity contribution in [2.75, 3.05) is 13.1 Å². The summed E-state index contributed by atoms with van der Waals surface area (Å²) in [7, 11) is 0. The lowest BCUT2D eigenvalue weighted by atomic mass is 10.0. The van der Waals surface area contributed by atoms with Gasteiger partial charge < -0.3 is 5.32 Å². The highest BCUT2D eigenvalue weighted by Gasteiger charge is 2.46. The first-order chi connectivity index (χ1) is 13.5. The Morgan fingerprint density at radius 1 is 0.964 bits per heavy atom. The summed E-state index contributed by atoms with van der Waals surface area (Å²) in [5, 5.41) is 5.68. The molecule has 146 valence electrons. The van der Waals surface area contributed by atoms with Gasteiger partial charge in [-0.1, -0.05) is 12.1 Å². The number of nitrogens with one attached hydrogen (secondary N) is 2. The highest BCUT2D eigenvalue weighted by molar-refractivity contribution is 6.24. The zero-order chi connectivity index (χ0) is 19.4. The molecule has 4 aliphatic rings. The minimum Gasteiger partial charge on any atom is -0.314 e. The van der Waals surface area contributed by atoms with Gasteiger partial charge >= 0.3 is 0 Å². The Kier molecular flexibility index (Phi) is 4.06. The standard InChI is InChI=1S/C20H22N4O4/c25-16-7-6-15(18(26)22-16)24-19(27)14-3-1-2-11(17(14)20(24)28)10-23-12-4-5-13(23)9-21-8-12/h1-3,12-13,15,21H,4-10H2,(H,22,25,26). The lowest BCUT2D eigenvalue weighted by molar-refractivity contribution is -0.136. The van der Waals surface area contributed by atoms with E-state index >= 15 is 0 Å². The summed E-state index contributed by atoms with van der Waals surface area (Å²) in [5.74, 6) is -1.81. The van der Waals surface area contributed by atoms with Gasteiger partial charge in [0.2, 0.25) is 11.8 Å². The van der Waals surface area contributed by atoms with E-state index in [0.717, 1.165) is 36.4 Å². The molecule has 0 saturated carbocycles. The topological polar surface area (TPSA) is 98.8 Å². The van der Waals surface area contributed by atoms with Crippen molar-refractivity contribution >= 4 is 23.6 Å². The van der Waals surface area contributed by atoms with Crippen molar-refractivity contribution in [3.63, 3.8) is 0 Å². The van der Waals surface area contributed by atoms with Crippen molar-refractivity contribution in [1.82, 2.24) is 20.4 Å². The van der Waals surface area contributed by atoms with Crippen molar-refractivity contribution in [3.8, 4) is 0 Å². The Hall–Kier alpha value is -2.58. The third kappa shape index (κ3) is 2.59. The molecule has 0 spiro atoms. The molecular formula is C20H22N4O4. The number of piperazine rings is 1. The fourth-order valence-electron chi connectivity index (χ4n) is 5.04. The SMILES string of the molecule is O=C1CCC(N2C(=O)c3cccc(CN4C5CCC4CNC5)c3C2=O)C(=O)N1. The molecule has 3 fully saturated rings. The van der Waals surface area contributed by atoms with E-state index in [1.165, 1.54) is 0 Å². The van der Waals surface area contributed by atoms with Gasteiger partial charge in [-0.05, 0) is 30.9 Å². The van der Waals surface area contributed by atoms with Gasteiger partial charge in [0, 0.05) is 38.1 Å². The maximum atomic E-state index is 13.2. The van der Waals surface area contributed by atoms with Gasteiger partial charge in [-0.15, -0.1) is 0 Å². The third-order valence-corrected chi connectivity index (χ3v) is 6.44. The molecule has 28 heavy (non-hydrogen) atoms. The van der Waals surface area contributed by atoms with E-state index in [0.29, 0.717) is 29.8 Å². The van der Waals surface area contributed by atoms with Crippen LogP contribution in [0.5, 0.6) is 0 Å². The Morgan fingerprint density at radius 3 is 2.43 bits per heavy atom. The minimum absolute atomic E-state index is 0.126. The summed E-state index contributed by atoms with van der Waals surface area (Å²) in [6.07, 6.45) is 2.58. The molecular weight excluding hydrogens is 360 g/mol. The fourth-order valence-corrected chi connectivity index (χ4v) is 5.04. The van der Waals surface area contributed by atoms with Crippen LogP contribution in [-0.4, -0.2) is 64.6 Å². The molecule has 0 aliphatic carbocycles. The summed E-state index contributed by atoms with van der Waals surface area (Å²) in [4.78, 5) is 53.3. The van der Waals surface area contributed by atoms with E-state index in [9.17, 15) is 19.2 Å². The number of nitrogens with zero attached hydrogens (tertiary/aromatic N) is 2. The molecule has 4 amide bonds. The number of carbonyl (C=O) groups is 4. The van der Waals surface area contributed by atoms with E-state index < -0.39 is 23.8 Å². The fraction of sp³-hybridized carbons (Fsp3) is 0.500. The van der Waals surface area contributed by atoms with Crippen LogP contribution in [0.1, 0.15) is 52.0 Å². The highest BCUT2D eigenvalue weighted by atomic mass is 16.2. The van der Waals surface area contributed by atoms with Crippen molar-refractivity contribution in [1.29, 1.82) is 0 Å². The third-order valence-electron chi connectivity index (χ3n) is 6.44. The van der Waals surface area contributed by atoms with Gasteiger partial charge in [0.1, 0.15) is 6.04 Å². The van der Waals surface area contributed by atoms with Crippen LogP contribution in [0.2, 0.25) is 0 Å². The van der Waals surface area contributed by atoms with Crippen LogP contribution in [0.15, 0.2) is 18.2 Å². The molecule has 3 atom stereocenters. The number of hydrogen-bond acceptors (Lipinski definition) is 6. The largest absolute Gasteiger partial charge is 0.314 e. The van der Waals surface area contributed by atoms with Crippen LogP contribution < -0.4 is 10.6 Å². The van der Waals surface area contributed by atoms with Gasteiger partial charge in [-0.3, -0.25) is 34.3 Å². The molecule has 4 heterocycles. The summed E-state index contributed by atoms with van der Waals surface area (Å²) in [6, 6.07) is 5.34. The number of benzene rings is 1. The van der Waals surface area contributed by atoms with Crippen LogP contribution in [-0.2, 0) is 16.1 Å². The lowest BCUT2D eigenvalue weighted by Gasteiger charge is -2.35. The van der Waals surface area contributed by atoms with Crippen LogP contribution in [0.3, 0.4) is 0 Å². The number of amides is 4. The first-order valence-corrected chi connectivity index (χ1v) is 9.84. The Labute approximate surface area is 162 Å². The molecule has 2 bridgehead atoms. The van der Waals surface area contributed by atoms with Gasteiger partial charge in [0.15, 0.2) is 0 Å². The smallest absolute Gasteiger partial charge is 0.262 e. The molecule has 8 heteroatoms. The van der Waals surface area contributed by atoms with E-state index in [1.54, 1.807) is 12.1 Å². The molecule has 4 aliphatic heterocycles. The molecule has 1 aromatic carbocycles. The number of imide groups is 2.